The number of rotatable bonds is 9. The van der Waals surface area contributed by atoms with Crippen LogP contribution in [-0.4, -0.2) is 24.0 Å². The van der Waals surface area contributed by atoms with Crippen LogP contribution in [0.1, 0.15) is 42.2 Å². The smallest absolute Gasteiger partial charge is 0.269 e. The zero-order valence-electron chi connectivity index (χ0n) is 14.0. The van der Waals surface area contributed by atoms with Gasteiger partial charge in [0.05, 0.1) is 0 Å². The number of halogens is 1. The fourth-order valence-corrected chi connectivity index (χ4v) is 2.33. The number of benzene rings is 1. The van der Waals surface area contributed by atoms with Crippen molar-refractivity contribution in [1.29, 1.82) is 0 Å². The molecule has 0 bridgehead atoms. The average molecular weight is 329 g/mol. The van der Waals surface area contributed by atoms with Gasteiger partial charge in [-0.3, -0.25) is 9.78 Å². The number of aromatic nitrogens is 1. The summed E-state index contributed by atoms with van der Waals surface area (Å²) in [6, 6.07) is 10.1. The summed E-state index contributed by atoms with van der Waals surface area (Å²) in [6.07, 6.45) is 5.63. The van der Waals surface area contributed by atoms with E-state index in [1.165, 1.54) is 12.1 Å². The minimum atomic E-state index is -0.226. The van der Waals surface area contributed by atoms with Crippen LogP contribution in [0.2, 0.25) is 0 Å². The highest BCUT2D eigenvalue weighted by Gasteiger charge is 2.07. The molecule has 1 aromatic carbocycles. The molecule has 4 nitrogen and oxygen atoms in total. The van der Waals surface area contributed by atoms with Crippen molar-refractivity contribution in [3.63, 3.8) is 0 Å². The molecule has 0 aliphatic rings. The van der Waals surface area contributed by atoms with Crippen LogP contribution in [0.4, 0.5) is 10.1 Å². The third-order valence-electron chi connectivity index (χ3n) is 3.71. The van der Waals surface area contributed by atoms with Crippen molar-refractivity contribution in [2.75, 3.05) is 18.4 Å². The van der Waals surface area contributed by atoms with Crippen LogP contribution in [0.15, 0.2) is 42.6 Å². The number of pyridine rings is 1. The van der Waals surface area contributed by atoms with E-state index >= 15 is 0 Å². The number of anilines is 1. The molecule has 0 radical (unpaired) electrons. The Morgan fingerprint density at radius 2 is 1.92 bits per heavy atom. The molecule has 0 unspecified atom stereocenters. The Labute approximate surface area is 142 Å². The first-order valence-electron chi connectivity index (χ1n) is 8.41. The Balaban J connectivity index is 1.81. The molecule has 1 amide bonds. The lowest BCUT2D eigenvalue weighted by Gasteiger charge is -2.08. The molecule has 0 atom stereocenters. The molecule has 0 fully saturated rings. The summed E-state index contributed by atoms with van der Waals surface area (Å²) < 4.78 is 12.9. The maximum Gasteiger partial charge on any atom is 0.269 e. The van der Waals surface area contributed by atoms with Gasteiger partial charge in [-0.25, -0.2) is 4.39 Å². The second kappa shape index (κ2) is 9.65. The highest BCUT2D eigenvalue weighted by atomic mass is 19.1. The van der Waals surface area contributed by atoms with Gasteiger partial charge in [0.2, 0.25) is 0 Å². The van der Waals surface area contributed by atoms with Gasteiger partial charge in [-0.05, 0) is 42.7 Å². The minimum absolute atomic E-state index is 0.145. The molecule has 24 heavy (non-hydrogen) atoms. The Morgan fingerprint density at radius 3 is 2.67 bits per heavy atom. The number of carbonyl (C=O) groups is 1. The number of unbranched alkanes of at least 4 members (excludes halogenated alkanes) is 2. The largest absolute Gasteiger partial charge is 0.385 e. The van der Waals surface area contributed by atoms with Gasteiger partial charge >= 0.3 is 0 Å². The molecule has 0 aliphatic heterocycles. The zero-order valence-corrected chi connectivity index (χ0v) is 14.0. The van der Waals surface area contributed by atoms with E-state index in [2.05, 4.69) is 22.5 Å². The Kier molecular flexibility index (Phi) is 7.21. The van der Waals surface area contributed by atoms with Crippen LogP contribution in [-0.2, 0) is 6.42 Å². The second-order valence-electron chi connectivity index (χ2n) is 5.70. The minimum Gasteiger partial charge on any atom is -0.385 e. The molecule has 0 saturated heterocycles. The van der Waals surface area contributed by atoms with E-state index in [0.29, 0.717) is 18.8 Å². The topological polar surface area (TPSA) is 54.0 Å². The van der Waals surface area contributed by atoms with Crippen molar-refractivity contribution in [3.05, 3.63) is 59.7 Å². The summed E-state index contributed by atoms with van der Waals surface area (Å²) in [5.41, 5.74) is 2.33. The summed E-state index contributed by atoms with van der Waals surface area (Å²) >= 11 is 0. The maximum atomic E-state index is 12.9. The van der Waals surface area contributed by atoms with Gasteiger partial charge in [0.15, 0.2) is 0 Å². The van der Waals surface area contributed by atoms with Crippen molar-refractivity contribution in [2.24, 2.45) is 0 Å². The Bertz CT molecular complexity index is 643. The number of nitrogens with zero attached hydrogens (tertiary/aromatic N) is 1. The number of carbonyl (C=O) groups excluding carboxylic acids is 1. The predicted molar refractivity (Wildman–Crippen MR) is 94.7 cm³/mol. The highest BCUT2D eigenvalue weighted by Crippen LogP contribution is 2.09. The van der Waals surface area contributed by atoms with Crippen LogP contribution in [0, 0.1) is 5.82 Å². The van der Waals surface area contributed by atoms with E-state index in [1.807, 2.05) is 6.07 Å². The van der Waals surface area contributed by atoms with Crippen LogP contribution in [0.5, 0.6) is 0 Å². The summed E-state index contributed by atoms with van der Waals surface area (Å²) in [7, 11) is 0. The molecule has 0 aliphatic carbocycles. The third-order valence-corrected chi connectivity index (χ3v) is 3.71. The molecule has 2 N–H and O–H groups in total. The van der Waals surface area contributed by atoms with Gasteiger partial charge in [0.1, 0.15) is 11.5 Å². The van der Waals surface area contributed by atoms with E-state index in [9.17, 15) is 9.18 Å². The van der Waals surface area contributed by atoms with Crippen LogP contribution in [0.3, 0.4) is 0 Å². The Morgan fingerprint density at radius 1 is 1.12 bits per heavy atom. The number of amides is 1. The van der Waals surface area contributed by atoms with Gasteiger partial charge in [-0.1, -0.05) is 31.9 Å². The fraction of sp³-hybridized carbons (Fsp3) is 0.368. The molecule has 0 saturated carbocycles. The fourth-order valence-electron chi connectivity index (χ4n) is 2.33. The van der Waals surface area contributed by atoms with Crippen LogP contribution in [0.25, 0.3) is 0 Å². The first kappa shape index (κ1) is 17.9. The first-order valence-corrected chi connectivity index (χ1v) is 8.41. The molecular weight excluding hydrogens is 305 g/mol. The molecule has 5 heteroatoms. The molecule has 2 aromatic rings. The van der Waals surface area contributed by atoms with Gasteiger partial charge < -0.3 is 10.6 Å². The van der Waals surface area contributed by atoms with Crippen LogP contribution < -0.4 is 10.6 Å². The van der Waals surface area contributed by atoms with Crippen molar-refractivity contribution in [3.8, 4) is 0 Å². The quantitative estimate of drug-likeness (QED) is 0.688. The van der Waals surface area contributed by atoms with Gasteiger partial charge in [0.25, 0.3) is 5.91 Å². The predicted octanol–water partition coefficient (Wildman–Crippen LogP) is 3.80. The standard InChI is InChI=1S/C19H24FN3O/c1-2-3-4-11-23-19(24)18-14-17(10-13-22-18)21-12-9-15-5-7-16(20)8-6-15/h5-8,10,13-14H,2-4,9,11-12H2,1H3,(H,21,22)(H,23,24). The lowest BCUT2D eigenvalue weighted by molar-refractivity contribution is 0.0948. The molecule has 1 aromatic heterocycles. The van der Waals surface area contributed by atoms with E-state index in [-0.39, 0.29) is 11.7 Å². The van der Waals surface area contributed by atoms with Crippen LogP contribution >= 0.6 is 0 Å². The monoisotopic (exact) mass is 329 g/mol. The average Bonchev–Trinajstić information content (AvgIpc) is 2.60. The maximum absolute atomic E-state index is 12.9. The summed E-state index contributed by atoms with van der Waals surface area (Å²) in [5, 5.41) is 6.15. The summed E-state index contributed by atoms with van der Waals surface area (Å²) in [5.74, 6) is -0.372. The third kappa shape index (κ3) is 5.99. The van der Waals surface area contributed by atoms with Crippen molar-refractivity contribution >= 4 is 11.6 Å². The van der Waals surface area contributed by atoms with Crippen molar-refractivity contribution < 1.29 is 9.18 Å². The SMILES string of the molecule is CCCCCNC(=O)c1cc(NCCc2ccc(F)cc2)ccn1. The van der Waals surface area contributed by atoms with Crippen molar-refractivity contribution in [2.45, 2.75) is 32.6 Å². The number of hydrogen-bond donors (Lipinski definition) is 2. The lowest BCUT2D eigenvalue weighted by Crippen LogP contribution is -2.25. The highest BCUT2D eigenvalue weighted by molar-refractivity contribution is 5.93. The Hall–Kier alpha value is -2.43. The first-order chi connectivity index (χ1) is 11.7. The molecule has 128 valence electrons. The van der Waals surface area contributed by atoms with Gasteiger partial charge in [-0.2, -0.15) is 0 Å². The summed E-state index contributed by atoms with van der Waals surface area (Å²) in [4.78, 5) is 16.2. The van der Waals surface area contributed by atoms with Crippen molar-refractivity contribution in [1.82, 2.24) is 10.3 Å². The molecule has 1 heterocycles. The van der Waals surface area contributed by atoms with E-state index in [1.54, 1.807) is 24.4 Å². The van der Waals surface area contributed by atoms with E-state index in [0.717, 1.165) is 36.9 Å². The second-order valence-corrected chi connectivity index (χ2v) is 5.70. The number of nitrogens with one attached hydrogen (secondary N) is 2. The summed E-state index contributed by atoms with van der Waals surface area (Å²) in [6.45, 7) is 3.51. The molecule has 2 rings (SSSR count). The lowest BCUT2D eigenvalue weighted by atomic mass is 10.1. The molecular formula is C19H24FN3O. The van der Waals surface area contributed by atoms with E-state index < -0.39 is 0 Å². The van der Waals surface area contributed by atoms with Gasteiger partial charge in [-0.15, -0.1) is 0 Å². The van der Waals surface area contributed by atoms with E-state index in [4.69, 9.17) is 0 Å². The molecule has 0 spiro atoms. The normalized spacial score (nSPS) is 10.4. The van der Waals surface area contributed by atoms with Gasteiger partial charge in [0, 0.05) is 25.0 Å². The zero-order chi connectivity index (χ0) is 17.2. The number of hydrogen-bond acceptors (Lipinski definition) is 3.